The third-order valence-corrected chi connectivity index (χ3v) is 3.21. The Morgan fingerprint density at radius 1 is 1.15 bits per heavy atom. The lowest BCUT2D eigenvalue weighted by Gasteiger charge is -2.15. The van der Waals surface area contributed by atoms with Crippen molar-refractivity contribution in [3.8, 4) is 0 Å². The van der Waals surface area contributed by atoms with E-state index in [-0.39, 0.29) is 16.6 Å². The van der Waals surface area contributed by atoms with Gasteiger partial charge in [0.2, 0.25) is 0 Å². The lowest BCUT2D eigenvalue weighted by atomic mass is 10.1. The van der Waals surface area contributed by atoms with Gasteiger partial charge < -0.3 is 5.32 Å². The first-order valence-corrected chi connectivity index (χ1v) is 6.37. The number of hydrogen-bond acceptors (Lipinski definition) is 1. The first-order valence-electron chi connectivity index (χ1n) is 5.99. The van der Waals surface area contributed by atoms with Crippen LogP contribution in [0.1, 0.15) is 28.9 Å². The minimum Gasteiger partial charge on any atom is -0.345 e. The second kappa shape index (κ2) is 6.01. The first kappa shape index (κ1) is 14.5. The van der Waals surface area contributed by atoms with Gasteiger partial charge in [0.1, 0.15) is 0 Å². The van der Waals surface area contributed by atoms with E-state index in [1.807, 2.05) is 30.3 Å². The third kappa shape index (κ3) is 3.14. The van der Waals surface area contributed by atoms with Crippen molar-refractivity contribution < 1.29 is 13.6 Å². The van der Waals surface area contributed by atoms with Crippen molar-refractivity contribution in [2.75, 3.05) is 0 Å². The van der Waals surface area contributed by atoms with Gasteiger partial charge in [-0.25, -0.2) is 8.78 Å². The molecular formula is C15H12ClF2NO. The van der Waals surface area contributed by atoms with Crippen LogP contribution in [0.2, 0.25) is 5.02 Å². The molecule has 1 atom stereocenters. The molecule has 1 amide bonds. The van der Waals surface area contributed by atoms with Crippen LogP contribution in [0.25, 0.3) is 0 Å². The Labute approximate surface area is 120 Å². The van der Waals surface area contributed by atoms with Crippen LogP contribution in [0.3, 0.4) is 0 Å². The molecule has 0 aromatic heterocycles. The molecule has 2 rings (SSSR count). The smallest absolute Gasteiger partial charge is 0.253 e. The lowest BCUT2D eigenvalue weighted by Crippen LogP contribution is -2.27. The molecule has 5 heteroatoms. The number of amides is 1. The number of carbonyl (C=O) groups is 1. The highest BCUT2D eigenvalue weighted by atomic mass is 35.5. The van der Waals surface area contributed by atoms with Crippen LogP contribution in [0.5, 0.6) is 0 Å². The molecule has 20 heavy (non-hydrogen) atoms. The van der Waals surface area contributed by atoms with E-state index in [1.165, 1.54) is 0 Å². The highest BCUT2D eigenvalue weighted by molar-refractivity contribution is 6.33. The minimum absolute atomic E-state index is 0.0895. The average Bonchev–Trinajstić information content (AvgIpc) is 2.43. The summed E-state index contributed by atoms with van der Waals surface area (Å²) in [5, 5.41) is 2.56. The van der Waals surface area contributed by atoms with Crippen LogP contribution in [0, 0.1) is 11.6 Å². The number of nitrogens with one attached hydrogen (secondary N) is 1. The lowest BCUT2D eigenvalue weighted by molar-refractivity contribution is 0.0939. The fourth-order valence-electron chi connectivity index (χ4n) is 1.80. The summed E-state index contributed by atoms with van der Waals surface area (Å²) in [5.74, 6) is -2.74. The van der Waals surface area contributed by atoms with E-state index in [4.69, 9.17) is 11.6 Å². The Morgan fingerprint density at radius 2 is 1.75 bits per heavy atom. The Hall–Kier alpha value is -1.94. The normalized spacial score (nSPS) is 12.0. The van der Waals surface area contributed by atoms with Crippen molar-refractivity contribution in [1.82, 2.24) is 5.32 Å². The fourth-order valence-corrected chi connectivity index (χ4v) is 2.03. The Kier molecular flexibility index (Phi) is 4.35. The Balaban J connectivity index is 2.19. The molecule has 0 fully saturated rings. The predicted octanol–water partition coefficient (Wildman–Crippen LogP) is 4.11. The number of rotatable bonds is 3. The predicted molar refractivity (Wildman–Crippen MR) is 73.7 cm³/mol. The fraction of sp³-hybridized carbons (Fsp3) is 0.133. The maximum atomic E-state index is 13.2. The number of halogens is 3. The molecule has 2 aromatic rings. The van der Waals surface area contributed by atoms with Crippen molar-refractivity contribution in [2.24, 2.45) is 0 Å². The van der Waals surface area contributed by atoms with Crippen LogP contribution in [-0.4, -0.2) is 5.91 Å². The summed E-state index contributed by atoms with van der Waals surface area (Å²) in [6.07, 6.45) is 0. The standard InChI is InChI=1S/C15H12ClF2NO/c1-9(10-5-3-2-4-6-10)19-15(20)11-7-13(17)14(18)8-12(11)16/h2-9H,1H3,(H,19,20). The molecule has 0 spiro atoms. The third-order valence-electron chi connectivity index (χ3n) is 2.90. The zero-order chi connectivity index (χ0) is 14.7. The van der Waals surface area contributed by atoms with Crippen molar-refractivity contribution in [1.29, 1.82) is 0 Å². The molecule has 0 aliphatic rings. The van der Waals surface area contributed by atoms with Gasteiger partial charge in [0.15, 0.2) is 11.6 Å². The SMILES string of the molecule is CC(NC(=O)c1cc(F)c(F)cc1Cl)c1ccccc1. The van der Waals surface area contributed by atoms with E-state index >= 15 is 0 Å². The van der Waals surface area contributed by atoms with Gasteiger partial charge in [-0.15, -0.1) is 0 Å². The highest BCUT2D eigenvalue weighted by Gasteiger charge is 2.17. The van der Waals surface area contributed by atoms with Crippen LogP contribution >= 0.6 is 11.6 Å². The summed E-state index contributed by atoms with van der Waals surface area (Å²) in [4.78, 5) is 12.0. The van der Waals surface area contributed by atoms with E-state index in [9.17, 15) is 13.6 Å². The molecule has 104 valence electrons. The quantitative estimate of drug-likeness (QED) is 0.848. The molecule has 2 nitrogen and oxygen atoms in total. The van der Waals surface area contributed by atoms with Crippen LogP contribution in [0.4, 0.5) is 8.78 Å². The van der Waals surface area contributed by atoms with Crippen molar-refractivity contribution in [3.63, 3.8) is 0 Å². The van der Waals surface area contributed by atoms with Crippen LogP contribution in [0.15, 0.2) is 42.5 Å². The van der Waals surface area contributed by atoms with Crippen LogP contribution < -0.4 is 5.32 Å². The Bertz CT molecular complexity index is 631. The molecule has 0 aliphatic carbocycles. The monoisotopic (exact) mass is 295 g/mol. The second-order valence-corrected chi connectivity index (χ2v) is 4.76. The van der Waals surface area contributed by atoms with E-state index in [2.05, 4.69) is 5.32 Å². The molecule has 0 saturated carbocycles. The summed E-state index contributed by atoms with van der Waals surface area (Å²) in [6.45, 7) is 1.79. The number of benzene rings is 2. The van der Waals surface area contributed by atoms with Gasteiger partial charge in [0, 0.05) is 0 Å². The molecule has 0 heterocycles. The van der Waals surface area contributed by atoms with Crippen molar-refractivity contribution >= 4 is 17.5 Å². The van der Waals surface area contributed by atoms with E-state index in [0.717, 1.165) is 17.7 Å². The molecule has 1 unspecified atom stereocenters. The molecular weight excluding hydrogens is 284 g/mol. The highest BCUT2D eigenvalue weighted by Crippen LogP contribution is 2.21. The largest absolute Gasteiger partial charge is 0.345 e. The molecule has 1 N–H and O–H groups in total. The van der Waals surface area contributed by atoms with Crippen molar-refractivity contribution in [2.45, 2.75) is 13.0 Å². The van der Waals surface area contributed by atoms with Crippen LogP contribution in [-0.2, 0) is 0 Å². The maximum Gasteiger partial charge on any atom is 0.253 e. The Morgan fingerprint density at radius 3 is 2.40 bits per heavy atom. The zero-order valence-electron chi connectivity index (χ0n) is 10.7. The summed E-state index contributed by atoms with van der Waals surface area (Å²) < 4.78 is 26.1. The van der Waals surface area contributed by atoms with Gasteiger partial charge in [-0.05, 0) is 24.6 Å². The van der Waals surface area contributed by atoms with Gasteiger partial charge in [-0.3, -0.25) is 4.79 Å². The van der Waals surface area contributed by atoms with Crippen molar-refractivity contribution in [3.05, 3.63) is 70.2 Å². The van der Waals surface area contributed by atoms with Gasteiger partial charge in [0.25, 0.3) is 5.91 Å². The minimum atomic E-state index is -1.10. The average molecular weight is 296 g/mol. The maximum absolute atomic E-state index is 13.2. The number of hydrogen-bond donors (Lipinski definition) is 1. The van der Waals surface area contributed by atoms with E-state index in [1.54, 1.807) is 6.92 Å². The van der Waals surface area contributed by atoms with Gasteiger partial charge in [0.05, 0.1) is 16.6 Å². The van der Waals surface area contributed by atoms with Gasteiger partial charge in [-0.2, -0.15) is 0 Å². The molecule has 0 radical (unpaired) electrons. The number of carbonyl (C=O) groups excluding carboxylic acids is 1. The zero-order valence-corrected chi connectivity index (χ0v) is 11.4. The van der Waals surface area contributed by atoms with E-state index < -0.39 is 17.5 Å². The van der Waals surface area contributed by atoms with Gasteiger partial charge >= 0.3 is 0 Å². The first-order chi connectivity index (χ1) is 9.49. The second-order valence-electron chi connectivity index (χ2n) is 4.35. The molecule has 0 saturated heterocycles. The molecule has 0 bridgehead atoms. The summed E-state index contributed by atoms with van der Waals surface area (Å²) in [6, 6.07) is 10.6. The van der Waals surface area contributed by atoms with Gasteiger partial charge in [-0.1, -0.05) is 41.9 Å². The summed E-state index contributed by atoms with van der Waals surface area (Å²) in [5.41, 5.74) is 0.813. The topological polar surface area (TPSA) is 29.1 Å². The molecule has 0 aliphatic heterocycles. The summed E-state index contributed by atoms with van der Waals surface area (Å²) in [7, 11) is 0. The molecule has 2 aromatic carbocycles. The van der Waals surface area contributed by atoms with E-state index in [0.29, 0.717) is 0 Å². The summed E-state index contributed by atoms with van der Waals surface area (Å²) >= 11 is 5.76.